The highest BCUT2D eigenvalue weighted by Crippen LogP contribution is 2.05. The molecule has 1 saturated heterocycles. The van der Waals surface area contributed by atoms with Crippen LogP contribution in [0.25, 0.3) is 0 Å². The van der Waals surface area contributed by atoms with Gasteiger partial charge in [-0.2, -0.15) is 0 Å². The summed E-state index contributed by atoms with van der Waals surface area (Å²) in [5.41, 5.74) is 0. The molecule has 0 N–H and O–H groups in total. The monoisotopic (exact) mass is 299 g/mol. The maximum Gasteiger partial charge on any atom is 0.224 e. The second-order valence-electron chi connectivity index (χ2n) is 5.42. The van der Waals surface area contributed by atoms with Gasteiger partial charge in [-0.15, -0.1) is 0 Å². The van der Waals surface area contributed by atoms with Crippen molar-refractivity contribution in [2.24, 2.45) is 0 Å². The molecule has 0 saturated carbocycles. The largest absolute Gasteiger partial charge is 0.385 e. The summed E-state index contributed by atoms with van der Waals surface area (Å²) in [5.74, 6) is 0.179. The summed E-state index contributed by atoms with van der Waals surface area (Å²) in [6.45, 7) is 10.0. The highest BCUT2D eigenvalue weighted by molar-refractivity contribution is 5.78. The van der Waals surface area contributed by atoms with E-state index in [4.69, 9.17) is 4.74 Å². The van der Waals surface area contributed by atoms with E-state index >= 15 is 0 Å². The van der Waals surface area contributed by atoms with Crippen molar-refractivity contribution in [1.29, 1.82) is 0 Å². The third-order valence-corrected chi connectivity index (χ3v) is 3.99. The molecule has 0 spiro atoms. The molecule has 1 aliphatic rings. The number of amides is 2. The molecule has 0 aromatic carbocycles. The minimum atomic E-state index is 0.0229. The van der Waals surface area contributed by atoms with Crippen molar-refractivity contribution in [2.75, 3.05) is 59.5 Å². The topological polar surface area (TPSA) is 53.1 Å². The summed E-state index contributed by atoms with van der Waals surface area (Å²) in [4.78, 5) is 29.8. The molecular weight excluding hydrogens is 270 g/mol. The molecule has 2 amide bonds. The number of nitrogens with zero attached hydrogens (tertiary/aromatic N) is 3. The van der Waals surface area contributed by atoms with Gasteiger partial charge < -0.3 is 19.4 Å². The van der Waals surface area contributed by atoms with E-state index in [1.165, 1.54) is 0 Å². The highest BCUT2D eigenvalue weighted by Gasteiger charge is 2.20. The SMILES string of the molecule is CCN1CCN(C(=O)CCN(CCCOC)C(C)=O)CC1. The van der Waals surface area contributed by atoms with Crippen molar-refractivity contribution < 1.29 is 14.3 Å². The average molecular weight is 299 g/mol. The fourth-order valence-corrected chi connectivity index (χ4v) is 2.53. The lowest BCUT2D eigenvalue weighted by Gasteiger charge is -2.34. The number of likely N-dealkylation sites (N-methyl/N-ethyl adjacent to an activating group) is 1. The van der Waals surface area contributed by atoms with Crippen LogP contribution in [-0.4, -0.2) is 86.0 Å². The Kier molecular flexibility index (Phi) is 8.30. The number of piperazine rings is 1. The summed E-state index contributed by atoms with van der Waals surface area (Å²) in [6.07, 6.45) is 1.22. The molecule has 0 aromatic rings. The first kappa shape index (κ1) is 17.9. The zero-order chi connectivity index (χ0) is 15.7. The number of methoxy groups -OCH3 is 1. The Labute approximate surface area is 128 Å². The van der Waals surface area contributed by atoms with E-state index < -0.39 is 0 Å². The molecule has 0 aliphatic carbocycles. The number of carbonyl (C=O) groups is 2. The highest BCUT2D eigenvalue weighted by atomic mass is 16.5. The molecule has 6 heteroatoms. The van der Waals surface area contributed by atoms with Crippen molar-refractivity contribution in [2.45, 2.75) is 26.7 Å². The van der Waals surface area contributed by atoms with E-state index in [9.17, 15) is 9.59 Å². The van der Waals surface area contributed by atoms with Crippen LogP contribution in [0.5, 0.6) is 0 Å². The Morgan fingerprint density at radius 1 is 1.14 bits per heavy atom. The van der Waals surface area contributed by atoms with Crippen LogP contribution in [-0.2, 0) is 14.3 Å². The smallest absolute Gasteiger partial charge is 0.224 e. The molecule has 0 atom stereocenters. The van der Waals surface area contributed by atoms with Crippen molar-refractivity contribution in [3.63, 3.8) is 0 Å². The fraction of sp³-hybridized carbons (Fsp3) is 0.867. The van der Waals surface area contributed by atoms with E-state index in [0.717, 1.165) is 39.1 Å². The van der Waals surface area contributed by atoms with Gasteiger partial charge in [0.05, 0.1) is 0 Å². The van der Waals surface area contributed by atoms with Gasteiger partial charge >= 0.3 is 0 Å². The fourth-order valence-electron chi connectivity index (χ4n) is 2.53. The minimum absolute atomic E-state index is 0.0229. The number of ether oxygens (including phenoxy) is 1. The lowest BCUT2D eigenvalue weighted by atomic mass is 10.2. The van der Waals surface area contributed by atoms with Crippen molar-refractivity contribution in [3.05, 3.63) is 0 Å². The summed E-state index contributed by atoms with van der Waals surface area (Å²) in [7, 11) is 1.65. The first-order chi connectivity index (χ1) is 10.1. The van der Waals surface area contributed by atoms with Gasteiger partial charge in [-0.05, 0) is 13.0 Å². The molecule has 0 bridgehead atoms. The number of hydrogen-bond donors (Lipinski definition) is 0. The van der Waals surface area contributed by atoms with Crippen molar-refractivity contribution in [1.82, 2.24) is 14.7 Å². The van der Waals surface area contributed by atoms with Crippen LogP contribution in [0.4, 0.5) is 0 Å². The van der Waals surface area contributed by atoms with Crippen molar-refractivity contribution in [3.8, 4) is 0 Å². The van der Waals surface area contributed by atoms with Crippen LogP contribution in [0.3, 0.4) is 0 Å². The first-order valence-electron chi connectivity index (χ1n) is 7.83. The van der Waals surface area contributed by atoms with Gasteiger partial charge in [-0.3, -0.25) is 9.59 Å². The predicted molar refractivity (Wildman–Crippen MR) is 82.1 cm³/mol. The van der Waals surface area contributed by atoms with Gasteiger partial charge in [0.2, 0.25) is 11.8 Å². The van der Waals surface area contributed by atoms with Crippen molar-refractivity contribution >= 4 is 11.8 Å². The Balaban J connectivity index is 2.31. The van der Waals surface area contributed by atoms with Crippen LogP contribution in [0.15, 0.2) is 0 Å². The second kappa shape index (κ2) is 9.73. The lowest BCUT2D eigenvalue weighted by molar-refractivity contribution is -0.134. The summed E-state index contributed by atoms with van der Waals surface area (Å²) >= 11 is 0. The van der Waals surface area contributed by atoms with E-state index in [1.807, 2.05) is 4.90 Å². The maximum atomic E-state index is 12.2. The molecule has 122 valence electrons. The van der Waals surface area contributed by atoms with Gasteiger partial charge in [0.25, 0.3) is 0 Å². The summed E-state index contributed by atoms with van der Waals surface area (Å²) in [6, 6.07) is 0. The second-order valence-corrected chi connectivity index (χ2v) is 5.42. The zero-order valence-corrected chi connectivity index (χ0v) is 13.6. The number of hydrogen-bond acceptors (Lipinski definition) is 4. The van der Waals surface area contributed by atoms with E-state index in [1.54, 1.807) is 18.9 Å². The summed E-state index contributed by atoms with van der Waals surface area (Å²) in [5, 5.41) is 0. The van der Waals surface area contributed by atoms with E-state index in [0.29, 0.717) is 26.1 Å². The molecule has 21 heavy (non-hydrogen) atoms. The average Bonchev–Trinajstić information content (AvgIpc) is 2.50. The Hall–Kier alpha value is -1.14. The quantitative estimate of drug-likeness (QED) is 0.610. The van der Waals surface area contributed by atoms with Crippen LogP contribution < -0.4 is 0 Å². The number of carbonyl (C=O) groups excluding carboxylic acids is 2. The van der Waals surface area contributed by atoms with Crippen LogP contribution in [0, 0.1) is 0 Å². The first-order valence-corrected chi connectivity index (χ1v) is 7.83. The Bertz CT molecular complexity index is 328. The Morgan fingerprint density at radius 3 is 2.33 bits per heavy atom. The molecule has 0 radical (unpaired) electrons. The molecule has 1 fully saturated rings. The zero-order valence-electron chi connectivity index (χ0n) is 13.6. The summed E-state index contributed by atoms with van der Waals surface area (Å²) < 4.78 is 5.00. The van der Waals surface area contributed by atoms with Gasteiger partial charge in [0, 0.05) is 66.3 Å². The maximum absolute atomic E-state index is 12.2. The van der Waals surface area contributed by atoms with Gasteiger partial charge in [0.15, 0.2) is 0 Å². The van der Waals surface area contributed by atoms with Crippen LogP contribution in [0.1, 0.15) is 26.7 Å². The van der Waals surface area contributed by atoms with Crippen LogP contribution >= 0.6 is 0 Å². The van der Waals surface area contributed by atoms with Gasteiger partial charge in [-0.1, -0.05) is 6.92 Å². The molecule has 6 nitrogen and oxygen atoms in total. The predicted octanol–water partition coefficient (Wildman–Crippen LogP) is 0.426. The lowest BCUT2D eigenvalue weighted by Crippen LogP contribution is -2.49. The van der Waals surface area contributed by atoms with E-state index in [2.05, 4.69) is 11.8 Å². The molecule has 1 rings (SSSR count). The standard InChI is InChI=1S/C15H29N3O3/c1-4-16-9-11-18(12-10-16)15(20)6-8-17(14(2)19)7-5-13-21-3/h4-13H2,1-3H3. The molecule has 1 aliphatic heterocycles. The van der Waals surface area contributed by atoms with Gasteiger partial charge in [-0.25, -0.2) is 0 Å². The number of rotatable bonds is 8. The molecule has 0 aromatic heterocycles. The normalized spacial score (nSPS) is 16.0. The van der Waals surface area contributed by atoms with E-state index in [-0.39, 0.29) is 11.8 Å². The molecule has 1 heterocycles. The minimum Gasteiger partial charge on any atom is -0.385 e. The van der Waals surface area contributed by atoms with Gasteiger partial charge in [0.1, 0.15) is 0 Å². The molecule has 0 unspecified atom stereocenters. The third-order valence-electron chi connectivity index (χ3n) is 3.99. The third kappa shape index (κ3) is 6.44. The van der Waals surface area contributed by atoms with Crippen LogP contribution in [0.2, 0.25) is 0 Å². The Morgan fingerprint density at radius 2 is 1.81 bits per heavy atom. The molecular formula is C15H29N3O3.